The zero-order valence-corrected chi connectivity index (χ0v) is 16.1. The Morgan fingerprint density at radius 3 is 2.00 bits per heavy atom. The van der Waals surface area contributed by atoms with Crippen molar-refractivity contribution in [2.45, 2.75) is 93.4 Å². The molecule has 1 atom stereocenters. The molecular weight excluding hydrogens is 268 g/mol. The minimum atomic E-state index is 0.203. The lowest BCUT2D eigenvalue weighted by molar-refractivity contribution is -0.118. The number of allylic oxidation sites excluding steroid dienone is 2. The van der Waals surface area contributed by atoms with Gasteiger partial charge in [0.25, 0.3) is 0 Å². The van der Waals surface area contributed by atoms with Gasteiger partial charge in [-0.3, -0.25) is 4.79 Å². The molecule has 0 spiro atoms. The van der Waals surface area contributed by atoms with E-state index in [1.54, 1.807) is 0 Å². The molecule has 22 heavy (non-hydrogen) atoms. The minimum absolute atomic E-state index is 0.203. The van der Waals surface area contributed by atoms with Crippen molar-refractivity contribution in [2.24, 2.45) is 23.2 Å². The van der Waals surface area contributed by atoms with Crippen LogP contribution < -0.4 is 0 Å². The Kier molecular flexibility index (Phi) is 7.35. The van der Waals surface area contributed by atoms with Crippen LogP contribution in [-0.4, -0.2) is 5.78 Å². The van der Waals surface area contributed by atoms with Crippen LogP contribution >= 0.6 is 0 Å². The van der Waals surface area contributed by atoms with Crippen molar-refractivity contribution in [3.63, 3.8) is 0 Å². The SMILES string of the molecule is CC(C)CCC1=C(CC(C)C)C(=O)CC(C)(CCC(C)C)C1. The molecule has 1 rings (SSSR count). The Hall–Kier alpha value is -0.590. The normalized spacial score (nSPS) is 23.3. The molecule has 0 aliphatic heterocycles. The lowest BCUT2D eigenvalue weighted by atomic mass is 9.67. The van der Waals surface area contributed by atoms with Gasteiger partial charge in [0, 0.05) is 6.42 Å². The summed E-state index contributed by atoms with van der Waals surface area (Å²) in [6.07, 6.45) is 7.67. The number of carbonyl (C=O) groups is 1. The zero-order valence-electron chi connectivity index (χ0n) is 16.1. The summed E-state index contributed by atoms with van der Waals surface area (Å²) in [5, 5.41) is 0. The van der Waals surface area contributed by atoms with Gasteiger partial charge in [-0.1, -0.05) is 60.5 Å². The highest BCUT2D eigenvalue weighted by atomic mass is 16.1. The van der Waals surface area contributed by atoms with Crippen LogP contribution in [0.3, 0.4) is 0 Å². The molecule has 1 heteroatoms. The first kappa shape index (κ1) is 19.5. The third-order valence-electron chi connectivity index (χ3n) is 4.95. The molecular formula is C21H38O. The molecule has 0 amide bonds. The molecule has 0 N–H and O–H groups in total. The van der Waals surface area contributed by atoms with Crippen LogP contribution in [0.25, 0.3) is 0 Å². The fraction of sp³-hybridized carbons (Fsp3) is 0.857. The van der Waals surface area contributed by atoms with Crippen molar-refractivity contribution in [2.75, 3.05) is 0 Å². The molecule has 1 aliphatic rings. The Morgan fingerprint density at radius 2 is 1.50 bits per heavy atom. The highest BCUT2D eigenvalue weighted by Crippen LogP contribution is 2.44. The summed E-state index contributed by atoms with van der Waals surface area (Å²) < 4.78 is 0. The summed E-state index contributed by atoms with van der Waals surface area (Å²) in [5.41, 5.74) is 2.89. The van der Waals surface area contributed by atoms with E-state index < -0.39 is 0 Å². The number of Topliss-reactive ketones (excluding diaryl/α,β-unsaturated/α-hetero) is 1. The van der Waals surface area contributed by atoms with Crippen LogP contribution in [0.15, 0.2) is 11.1 Å². The maximum absolute atomic E-state index is 12.8. The first-order valence-corrected chi connectivity index (χ1v) is 9.37. The maximum atomic E-state index is 12.8. The first-order valence-electron chi connectivity index (χ1n) is 9.37. The second-order valence-electron chi connectivity index (χ2n) is 9.13. The fourth-order valence-electron chi connectivity index (χ4n) is 3.56. The van der Waals surface area contributed by atoms with Gasteiger partial charge in [0.1, 0.15) is 0 Å². The van der Waals surface area contributed by atoms with Gasteiger partial charge in [0.05, 0.1) is 0 Å². The Morgan fingerprint density at radius 1 is 0.909 bits per heavy atom. The number of ketones is 1. The molecule has 0 aromatic heterocycles. The van der Waals surface area contributed by atoms with E-state index in [2.05, 4.69) is 48.5 Å². The van der Waals surface area contributed by atoms with Gasteiger partial charge in [-0.15, -0.1) is 0 Å². The van der Waals surface area contributed by atoms with E-state index in [1.165, 1.54) is 30.4 Å². The van der Waals surface area contributed by atoms with Gasteiger partial charge in [0.2, 0.25) is 0 Å². The molecule has 1 aliphatic carbocycles. The van der Waals surface area contributed by atoms with Crippen molar-refractivity contribution in [1.82, 2.24) is 0 Å². The van der Waals surface area contributed by atoms with Crippen molar-refractivity contribution in [3.05, 3.63) is 11.1 Å². The minimum Gasteiger partial charge on any atom is -0.295 e. The molecule has 0 fully saturated rings. The van der Waals surface area contributed by atoms with Gasteiger partial charge >= 0.3 is 0 Å². The van der Waals surface area contributed by atoms with Crippen LogP contribution in [-0.2, 0) is 4.79 Å². The highest BCUT2D eigenvalue weighted by Gasteiger charge is 2.35. The lowest BCUT2D eigenvalue weighted by Crippen LogP contribution is -2.29. The molecule has 0 bridgehead atoms. The third-order valence-corrected chi connectivity index (χ3v) is 4.95. The number of carbonyl (C=O) groups excluding carboxylic acids is 1. The third kappa shape index (κ3) is 6.26. The number of hydrogen-bond acceptors (Lipinski definition) is 1. The summed E-state index contributed by atoms with van der Waals surface area (Å²) in [6.45, 7) is 15.9. The first-order chi connectivity index (χ1) is 10.1. The number of hydrogen-bond donors (Lipinski definition) is 0. The van der Waals surface area contributed by atoms with Gasteiger partial charge in [0.15, 0.2) is 5.78 Å². The molecule has 128 valence electrons. The summed E-state index contributed by atoms with van der Waals surface area (Å²) >= 11 is 0. The molecule has 1 nitrogen and oxygen atoms in total. The largest absolute Gasteiger partial charge is 0.295 e. The summed E-state index contributed by atoms with van der Waals surface area (Å²) in [4.78, 5) is 12.8. The van der Waals surface area contributed by atoms with E-state index in [0.717, 1.165) is 31.6 Å². The van der Waals surface area contributed by atoms with Gasteiger partial charge in [-0.25, -0.2) is 0 Å². The van der Waals surface area contributed by atoms with Crippen molar-refractivity contribution in [3.8, 4) is 0 Å². The van der Waals surface area contributed by atoms with Crippen LogP contribution in [0, 0.1) is 23.2 Å². The Labute approximate surface area is 139 Å². The second kappa shape index (κ2) is 8.31. The van der Waals surface area contributed by atoms with E-state index in [9.17, 15) is 4.79 Å². The van der Waals surface area contributed by atoms with Gasteiger partial charge in [-0.05, 0) is 60.8 Å². The average molecular weight is 307 g/mol. The van der Waals surface area contributed by atoms with Crippen molar-refractivity contribution in [1.29, 1.82) is 0 Å². The number of rotatable bonds is 8. The molecule has 0 heterocycles. The lowest BCUT2D eigenvalue weighted by Gasteiger charge is -2.37. The van der Waals surface area contributed by atoms with Crippen LogP contribution in [0.5, 0.6) is 0 Å². The molecule has 0 saturated heterocycles. The van der Waals surface area contributed by atoms with Crippen molar-refractivity contribution < 1.29 is 4.79 Å². The molecule has 0 aromatic carbocycles. The molecule has 0 radical (unpaired) electrons. The van der Waals surface area contributed by atoms with E-state index in [4.69, 9.17) is 0 Å². The topological polar surface area (TPSA) is 17.1 Å². The Bertz CT molecular complexity index is 400. The average Bonchev–Trinajstić information content (AvgIpc) is 2.37. The second-order valence-corrected chi connectivity index (χ2v) is 9.13. The standard InChI is InChI=1S/C21H38O/c1-15(2)8-9-18-13-21(7,11-10-16(3)4)14-20(22)19(18)12-17(5)6/h15-17H,8-14H2,1-7H3. The van der Waals surface area contributed by atoms with E-state index in [0.29, 0.717) is 17.6 Å². The van der Waals surface area contributed by atoms with E-state index >= 15 is 0 Å². The highest BCUT2D eigenvalue weighted by molar-refractivity contribution is 5.97. The van der Waals surface area contributed by atoms with Gasteiger partial charge in [-0.2, -0.15) is 0 Å². The monoisotopic (exact) mass is 306 g/mol. The van der Waals surface area contributed by atoms with Crippen molar-refractivity contribution >= 4 is 5.78 Å². The predicted molar refractivity (Wildman–Crippen MR) is 97.0 cm³/mol. The molecule has 1 unspecified atom stereocenters. The summed E-state index contributed by atoms with van der Waals surface area (Å²) in [6, 6.07) is 0. The van der Waals surface area contributed by atoms with Gasteiger partial charge < -0.3 is 0 Å². The fourth-order valence-corrected chi connectivity index (χ4v) is 3.56. The van der Waals surface area contributed by atoms with Crippen LogP contribution in [0.2, 0.25) is 0 Å². The summed E-state index contributed by atoms with van der Waals surface area (Å²) in [7, 11) is 0. The quantitative estimate of drug-likeness (QED) is 0.495. The van der Waals surface area contributed by atoms with E-state index in [1.807, 2.05) is 0 Å². The molecule has 0 saturated carbocycles. The Balaban J connectivity index is 2.93. The maximum Gasteiger partial charge on any atom is 0.159 e. The summed E-state index contributed by atoms with van der Waals surface area (Å²) in [5.74, 6) is 2.47. The van der Waals surface area contributed by atoms with Crippen LogP contribution in [0.1, 0.15) is 93.4 Å². The van der Waals surface area contributed by atoms with E-state index in [-0.39, 0.29) is 5.41 Å². The molecule has 0 aromatic rings. The predicted octanol–water partition coefficient (Wildman–Crippen LogP) is 6.57. The smallest absolute Gasteiger partial charge is 0.159 e. The van der Waals surface area contributed by atoms with Crippen LogP contribution in [0.4, 0.5) is 0 Å². The zero-order chi connectivity index (χ0) is 16.9.